The van der Waals surface area contributed by atoms with E-state index in [1.807, 2.05) is 13.0 Å². The van der Waals surface area contributed by atoms with Crippen LogP contribution in [0.2, 0.25) is 5.02 Å². The van der Waals surface area contributed by atoms with Crippen LogP contribution >= 0.6 is 11.6 Å². The van der Waals surface area contributed by atoms with E-state index in [9.17, 15) is 17.6 Å². The summed E-state index contributed by atoms with van der Waals surface area (Å²) in [5.41, 5.74) is 0.964. The molecule has 1 heterocycles. The van der Waals surface area contributed by atoms with Gasteiger partial charge in [-0.3, -0.25) is 4.79 Å². The Kier molecular flexibility index (Phi) is 6.22. The second-order valence-corrected chi connectivity index (χ2v) is 8.81. The van der Waals surface area contributed by atoms with Gasteiger partial charge in [-0.05, 0) is 48.9 Å². The minimum Gasteiger partial charge on any atom is -0.482 e. The Morgan fingerprint density at radius 2 is 1.75 bits per heavy atom. The van der Waals surface area contributed by atoms with E-state index in [0.717, 1.165) is 17.7 Å². The molecule has 0 aromatic heterocycles. The molecular formula is C19H20ClFN2O4S. The lowest BCUT2D eigenvalue weighted by Crippen LogP contribution is -2.51. The Balaban J connectivity index is 1.56. The first-order chi connectivity index (χ1) is 13.3. The molecule has 150 valence electrons. The first-order valence-corrected chi connectivity index (χ1v) is 10.5. The Bertz CT molecular complexity index is 958. The topological polar surface area (TPSA) is 66.9 Å². The van der Waals surface area contributed by atoms with Crippen molar-refractivity contribution >= 4 is 27.5 Å². The third kappa shape index (κ3) is 4.63. The van der Waals surface area contributed by atoms with Crippen LogP contribution in [0.5, 0.6) is 5.75 Å². The molecule has 0 saturated carbocycles. The molecule has 2 aromatic rings. The molecule has 0 unspecified atom stereocenters. The van der Waals surface area contributed by atoms with Crippen LogP contribution in [0.4, 0.5) is 4.39 Å². The van der Waals surface area contributed by atoms with Gasteiger partial charge < -0.3 is 9.64 Å². The third-order valence-corrected chi connectivity index (χ3v) is 6.71. The van der Waals surface area contributed by atoms with Gasteiger partial charge in [0.1, 0.15) is 11.6 Å². The first kappa shape index (κ1) is 20.6. The Morgan fingerprint density at radius 3 is 2.39 bits per heavy atom. The van der Waals surface area contributed by atoms with Crippen LogP contribution in [0.1, 0.15) is 5.56 Å². The number of nitrogens with zero attached hydrogens (tertiary/aromatic N) is 2. The maximum atomic E-state index is 13.0. The van der Waals surface area contributed by atoms with Crippen LogP contribution < -0.4 is 4.74 Å². The molecule has 0 aliphatic carbocycles. The van der Waals surface area contributed by atoms with Gasteiger partial charge in [-0.1, -0.05) is 17.7 Å². The number of piperazine rings is 1. The van der Waals surface area contributed by atoms with Crippen molar-refractivity contribution in [1.29, 1.82) is 0 Å². The van der Waals surface area contributed by atoms with Crippen molar-refractivity contribution in [2.45, 2.75) is 11.8 Å². The van der Waals surface area contributed by atoms with Crippen LogP contribution in [0.15, 0.2) is 47.4 Å². The maximum Gasteiger partial charge on any atom is 0.260 e. The van der Waals surface area contributed by atoms with Crippen molar-refractivity contribution in [1.82, 2.24) is 9.21 Å². The zero-order valence-corrected chi connectivity index (χ0v) is 16.8. The second-order valence-electron chi connectivity index (χ2n) is 6.46. The fourth-order valence-corrected chi connectivity index (χ4v) is 4.48. The van der Waals surface area contributed by atoms with Gasteiger partial charge in [-0.15, -0.1) is 0 Å². The number of benzene rings is 2. The SMILES string of the molecule is Cc1ccc(Cl)c(OCC(=O)N2CCN(S(=O)(=O)c3ccc(F)cc3)CC2)c1. The molecule has 6 nitrogen and oxygen atoms in total. The molecule has 0 radical (unpaired) electrons. The zero-order chi connectivity index (χ0) is 20.3. The molecular weight excluding hydrogens is 407 g/mol. The van der Waals surface area contributed by atoms with E-state index < -0.39 is 15.8 Å². The number of halogens is 2. The highest BCUT2D eigenvalue weighted by molar-refractivity contribution is 7.89. The summed E-state index contributed by atoms with van der Waals surface area (Å²) in [6.45, 7) is 2.56. The molecule has 2 aromatic carbocycles. The molecule has 9 heteroatoms. The van der Waals surface area contributed by atoms with Crippen LogP contribution in [-0.2, 0) is 14.8 Å². The average molecular weight is 427 g/mol. The minimum atomic E-state index is -3.71. The quantitative estimate of drug-likeness (QED) is 0.737. The first-order valence-electron chi connectivity index (χ1n) is 8.70. The molecule has 1 aliphatic heterocycles. The van der Waals surface area contributed by atoms with E-state index in [1.165, 1.54) is 16.4 Å². The number of ether oxygens (including phenoxy) is 1. The summed E-state index contributed by atoms with van der Waals surface area (Å²) in [4.78, 5) is 14.0. The summed E-state index contributed by atoms with van der Waals surface area (Å²) in [5, 5.41) is 0.425. The van der Waals surface area contributed by atoms with E-state index in [0.29, 0.717) is 10.8 Å². The van der Waals surface area contributed by atoms with Crippen molar-refractivity contribution in [3.8, 4) is 5.75 Å². The fourth-order valence-electron chi connectivity index (χ4n) is 2.89. The molecule has 1 saturated heterocycles. The number of amides is 1. The summed E-state index contributed by atoms with van der Waals surface area (Å²) in [6.07, 6.45) is 0. The Hall–Kier alpha value is -2.16. The number of rotatable bonds is 5. The van der Waals surface area contributed by atoms with E-state index in [2.05, 4.69) is 0 Å². The van der Waals surface area contributed by atoms with E-state index in [4.69, 9.17) is 16.3 Å². The molecule has 1 fully saturated rings. The zero-order valence-electron chi connectivity index (χ0n) is 15.3. The lowest BCUT2D eigenvalue weighted by molar-refractivity contribution is -0.134. The number of carbonyl (C=O) groups is 1. The molecule has 0 spiro atoms. The summed E-state index contributed by atoms with van der Waals surface area (Å²) < 4.78 is 45.1. The normalized spacial score (nSPS) is 15.5. The smallest absolute Gasteiger partial charge is 0.260 e. The number of hydrogen-bond donors (Lipinski definition) is 0. The predicted octanol–water partition coefficient (Wildman–Crippen LogP) is 2.70. The largest absolute Gasteiger partial charge is 0.482 e. The highest BCUT2D eigenvalue weighted by Crippen LogP contribution is 2.25. The molecule has 3 rings (SSSR count). The number of carbonyl (C=O) groups excluding carboxylic acids is 1. The summed E-state index contributed by atoms with van der Waals surface area (Å²) in [5.74, 6) is -0.299. The van der Waals surface area contributed by atoms with Crippen molar-refractivity contribution in [2.24, 2.45) is 0 Å². The fraction of sp³-hybridized carbons (Fsp3) is 0.316. The molecule has 1 aliphatic rings. The van der Waals surface area contributed by atoms with Crippen LogP contribution in [0.3, 0.4) is 0 Å². The number of hydrogen-bond acceptors (Lipinski definition) is 4. The predicted molar refractivity (Wildman–Crippen MR) is 103 cm³/mol. The average Bonchev–Trinajstić information content (AvgIpc) is 2.69. The second kappa shape index (κ2) is 8.46. The monoisotopic (exact) mass is 426 g/mol. The van der Waals surface area contributed by atoms with Gasteiger partial charge in [-0.2, -0.15) is 4.31 Å². The highest BCUT2D eigenvalue weighted by atomic mass is 35.5. The number of aryl methyl sites for hydroxylation is 1. The highest BCUT2D eigenvalue weighted by Gasteiger charge is 2.30. The van der Waals surface area contributed by atoms with Gasteiger partial charge in [0.2, 0.25) is 10.0 Å². The van der Waals surface area contributed by atoms with Crippen LogP contribution in [0, 0.1) is 12.7 Å². The van der Waals surface area contributed by atoms with Gasteiger partial charge in [0.15, 0.2) is 6.61 Å². The van der Waals surface area contributed by atoms with Crippen molar-refractivity contribution in [2.75, 3.05) is 32.8 Å². The summed E-state index contributed by atoms with van der Waals surface area (Å²) in [7, 11) is -3.71. The van der Waals surface area contributed by atoms with Gasteiger partial charge >= 0.3 is 0 Å². The lowest BCUT2D eigenvalue weighted by atomic mass is 10.2. The summed E-state index contributed by atoms with van der Waals surface area (Å²) in [6, 6.07) is 10.0. The molecule has 0 atom stereocenters. The Labute approximate surface area is 168 Å². The van der Waals surface area contributed by atoms with Crippen molar-refractivity contribution in [3.63, 3.8) is 0 Å². The minimum absolute atomic E-state index is 0.0334. The van der Waals surface area contributed by atoms with Crippen LogP contribution in [0.25, 0.3) is 0 Å². The lowest BCUT2D eigenvalue weighted by Gasteiger charge is -2.34. The van der Waals surface area contributed by atoms with Crippen molar-refractivity contribution in [3.05, 3.63) is 58.9 Å². The van der Waals surface area contributed by atoms with Crippen molar-refractivity contribution < 1.29 is 22.3 Å². The third-order valence-electron chi connectivity index (χ3n) is 4.48. The standard InChI is InChI=1S/C19H20ClFN2O4S/c1-14-2-7-17(20)18(12-14)27-13-19(24)22-8-10-23(11-9-22)28(25,26)16-5-3-15(21)4-6-16/h2-7,12H,8-11,13H2,1H3. The van der Waals surface area contributed by atoms with Gasteiger partial charge in [0.05, 0.1) is 9.92 Å². The molecule has 1 amide bonds. The molecule has 0 bridgehead atoms. The Morgan fingerprint density at radius 1 is 1.11 bits per heavy atom. The van der Waals surface area contributed by atoms with E-state index in [1.54, 1.807) is 17.0 Å². The van der Waals surface area contributed by atoms with E-state index >= 15 is 0 Å². The van der Waals surface area contributed by atoms with Gasteiger partial charge in [-0.25, -0.2) is 12.8 Å². The van der Waals surface area contributed by atoms with Gasteiger partial charge in [0.25, 0.3) is 5.91 Å². The molecule has 0 N–H and O–H groups in total. The molecule has 28 heavy (non-hydrogen) atoms. The van der Waals surface area contributed by atoms with E-state index in [-0.39, 0.29) is 43.6 Å². The van der Waals surface area contributed by atoms with Crippen LogP contribution in [-0.4, -0.2) is 56.3 Å². The number of sulfonamides is 1. The summed E-state index contributed by atoms with van der Waals surface area (Å²) >= 11 is 6.06. The van der Waals surface area contributed by atoms with Gasteiger partial charge in [0, 0.05) is 26.2 Å². The maximum absolute atomic E-state index is 13.0.